The Bertz CT molecular complexity index is 279. The smallest absolute Gasteiger partial charge is 0.119 e. The predicted molar refractivity (Wildman–Crippen MR) is 52.9 cm³/mol. The molecule has 0 fully saturated rings. The maximum absolute atomic E-state index is 9.96. The molecule has 1 N–H and O–H groups in total. The first-order valence-corrected chi connectivity index (χ1v) is 4.47. The van der Waals surface area contributed by atoms with Crippen LogP contribution in [0.4, 0.5) is 0 Å². The monoisotopic (exact) mass is 180 g/mol. The molecule has 1 aromatic carbocycles. The van der Waals surface area contributed by atoms with E-state index in [-0.39, 0.29) is 0 Å². The predicted octanol–water partition coefficient (Wildman–Crippen LogP) is 2.31. The minimum Gasteiger partial charge on any atom is -0.497 e. The molecule has 1 aromatic rings. The van der Waals surface area contributed by atoms with Gasteiger partial charge in [-0.2, -0.15) is 0 Å². The van der Waals surface area contributed by atoms with Gasteiger partial charge in [-0.25, -0.2) is 0 Å². The molecule has 0 spiro atoms. The van der Waals surface area contributed by atoms with Gasteiger partial charge in [-0.3, -0.25) is 0 Å². The standard InChI is InChI=1S/C11H16O2/c1-4-11(2,12)9-6-5-7-10(8-9)13-3/h5-8,12H,4H2,1-3H3. The zero-order valence-corrected chi connectivity index (χ0v) is 8.37. The molecule has 72 valence electrons. The second-order valence-electron chi connectivity index (χ2n) is 3.36. The van der Waals surface area contributed by atoms with Gasteiger partial charge in [0.15, 0.2) is 0 Å². The number of methoxy groups -OCH3 is 1. The molecule has 0 aromatic heterocycles. The third kappa shape index (κ3) is 2.22. The molecule has 0 saturated heterocycles. The summed E-state index contributed by atoms with van der Waals surface area (Å²) in [5, 5.41) is 9.96. The Morgan fingerprint density at radius 3 is 2.69 bits per heavy atom. The van der Waals surface area contributed by atoms with Gasteiger partial charge in [0.2, 0.25) is 0 Å². The van der Waals surface area contributed by atoms with Crippen molar-refractivity contribution >= 4 is 0 Å². The van der Waals surface area contributed by atoms with Crippen LogP contribution in [0.3, 0.4) is 0 Å². The summed E-state index contributed by atoms with van der Waals surface area (Å²) in [4.78, 5) is 0. The van der Waals surface area contributed by atoms with Crippen molar-refractivity contribution in [1.29, 1.82) is 0 Å². The maximum atomic E-state index is 9.96. The molecule has 0 heterocycles. The first-order chi connectivity index (χ1) is 6.10. The summed E-state index contributed by atoms with van der Waals surface area (Å²) < 4.78 is 5.08. The van der Waals surface area contributed by atoms with E-state index in [9.17, 15) is 5.11 Å². The van der Waals surface area contributed by atoms with Crippen molar-refractivity contribution in [3.8, 4) is 5.75 Å². The van der Waals surface area contributed by atoms with Crippen LogP contribution in [0.25, 0.3) is 0 Å². The Morgan fingerprint density at radius 2 is 2.15 bits per heavy atom. The Kier molecular flexibility index (Phi) is 2.94. The quantitative estimate of drug-likeness (QED) is 0.773. The number of rotatable bonds is 3. The highest BCUT2D eigenvalue weighted by Gasteiger charge is 2.20. The molecular weight excluding hydrogens is 164 g/mol. The van der Waals surface area contributed by atoms with E-state index in [4.69, 9.17) is 4.74 Å². The lowest BCUT2D eigenvalue weighted by Gasteiger charge is -2.22. The van der Waals surface area contributed by atoms with E-state index in [1.807, 2.05) is 38.1 Å². The molecule has 0 bridgehead atoms. The topological polar surface area (TPSA) is 29.5 Å². The molecule has 0 aliphatic rings. The van der Waals surface area contributed by atoms with Gasteiger partial charge in [-0.15, -0.1) is 0 Å². The van der Waals surface area contributed by atoms with Crippen LogP contribution >= 0.6 is 0 Å². The third-order valence-corrected chi connectivity index (χ3v) is 2.38. The van der Waals surface area contributed by atoms with E-state index in [1.165, 1.54) is 0 Å². The fraction of sp³-hybridized carbons (Fsp3) is 0.455. The van der Waals surface area contributed by atoms with E-state index < -0.39 is 5.60 Å². The lowest BCUT2D eigenvalue weighted by molar-refractivity contribution is 0.0528. The van der Waals surface area contributed by atoms with Crippen LogP contribution in [-0.4, -0.2) is 12.2 Å². The summed E-state index contributed by atoms with van der Waals surface area (Å²) in [6, 6.07) is 7.53. The number of ether oxygens (including phenoxy) is 1. The van der Waals surface area contributed by atoms with Gasteiger partial charge in [0.25, 0.3) is 0 Å². The normalized spacial score (nSPS) is 15.1. The lowest BCUT2D eigenvalue weighted by Crippen LogP contribution is -2.19. The van der Waals surface area contributed by atoms with Gasteiger partial charge < -0.3 is 9.84 Å². The van der Waals surface area contributed by atoms with Crippen molar-refractivity contribution in [3.63, 3.8) is 0 Å². The van der Waals surface area contributed by atoms with Crippen molar-refractivity contribution in [2.24, 2.45) is 0 Å². The molecule has 0 radical (unpaired) electrons. The molecule has 1 rings (SSSR count). The Morgan fingerprint density at radius 1 is 1.46 bits per heavy atom. The highest BCUT2D eigenvalue weighted by molar-refractivity contribution is 5.31. The van der Waals surface area contributed by atoms with Gasteiger partial charge in [0.05, 0.1) is 12.7 Å². The molecule has 0 aliphatic heterocycles. The largest absolute Gasteiger partial charge is 0.497 e. The van der Waals surface area contributed by atoms with Gasteiger partial charge in [0, 0.05) is 0 Å². The minimum atomic E-state index is -0.755. The van der Waals surface area contributed by atoms with Crippen molar-refractivity contribution in [2.45, 2.75) is 25.9 Å². The number of hydrogen-bond acceptors (Lipinski definition) is 2. The van der Waals surface area contributed by atoms with Gasteiger partial charge in [-0.05, 0) is 31.0 Å². The van der Waals surface area contributed by atoms with Crippen LogP contribution in [0.2, 0.25) is 0 Å². The minimum absolute atomic E-state index is 0.695. The Labute approximate surface area is 79.2 Å². The van der Waals surface area contributed by atoms with Gasteiger partial charge in [0.1, 0.15) is 5.75 Å². The van der Waals surface area contributed by atoms with E-state index >= 15 is 0 Å². The molecule has 2 heteroatoms. The van der Waals surface area contributed by atoms with E-state index in [1.54, 1.807) is 7.11 Å². The summed E-state index contributed by atoms with van der Waals surface area (Å²) in [5.74, 6) is 0.784. The Hall–Kier alpha value is -1.02. The van der Waals surface area contributed by atoms with Gasteiger partial charge >= 0.3 is 0 Å². The zero-order valence-electron chi connectivity index (χ0n) is 8.37. The summed E-state index contributed by atoms with van der Waals surface area (Å²) in [6.45, 7) is 3.77. The van der Waals surface area contributed by atoms with Crippen LogP contribution in [0.15, 0.2) is 24.3 Å². The molecule has 1 unspecified atom stereocenters. The number of aliphatic hydroxyl groups is 1. The average Bonchev–Trinajstić information content (AvgIpc) is 2.18. The van der Waals surface area contributed by atoms with Crippen molar-refractivity contribution in [1.82, 2.24) is 0 Å². The van der Waals surface area contributed by atoms with E-state index in [2.05, 4.69) is 0 Å². The molecule has 13 heavy (non-hydrogen) atoms. The molecule has 0 saturated carbocycles. The van der Waals surface area contributed by atoms with E-state index in [0.29, 0.717) is 6.42 Å². The van der Waals surface area contributed by atoms with Crippen LogP contribution in [0.1, 0.15) is 25.8 Å². The highest BCUT2D eigenvalue weighted by Crippen LogP contribution is 2.26. The van der Waals surface area contributed by atoms with E-state index in [0.717, 1.165) is 11.3 Å². The lowest BCUT2D eigenvalue weighted by atomic mass is 9.93. The molecule has 0 amide bonds. The zero-order chi connectivity index (χ0) is 9.90. The number of benzene rings is 1. The number of hydrogen-bond donors (Lipinski definition) is 1. The average molecular weight is 180 g/mol. The molecule has 1 atom stereocenters. The van der Waals surface area contributed by atoms with Gasteiger partial charge in [-0.1, -0.05) is 19.1 Å². The third-order valence-electron chi connectivity index (χ3n) is 2.38. The van der Waals surface area contributed by atoms with Crippen LogP contribution in [0.5, 0.6) is 5.75 Å². The van der Waals surface area contributed by atoms with Crippen LogP contribution < -0.4 is 4.74 Å². The first kappa shape index (κ1) is 10.1. The Balaban J connectivity index is 3.01. The summed E-state index contributed by atoms with van der Waals surface area (Å²) in [7, 11) is 1.62. The van der Waals surface area contributed by atoms with Crippen LogP contribution in [0, 0.1) is 0 Å². The van der Waals surface area contributed by atoms with Crippen molar-refractivity contribution in [2.75, 3.05) is 7.11 Å². The molecule has 0 aliphatic carbocycles. The second kappa shape index (κ2) is 3.79. The highest BCUT2D eigenvalue weighted by atomic mass is 16.5. The second-order valence-corrected chi connectivity index (χ2v) is 3.36. The maximum Gasteiger partial charge on any atom is 0.119 e. The fourth-order valence-electron chi connectivity index (χ4n) is 1.16. The fourth-order valence-corrected chi connectivity index (χ4v) is 1.16. The molecule has 2 nitrogen and oxygen atoms in total. The van der Waals surface area contributed by atoms with Crippen LogP contribution in [-0.2, 0) is 5.60 Å². The summed E-state index contributed by atoms with van der Waals surface area (Å²) in [5.41, 5.74) is 0.142. The van der Waals surface area contributed by atoms with Crippen molar-refractivity contribution in [3.05, 3.63) is 29.8 Å². The summed E-state index contributed by atoms with van der Waals surface area (Å²) >= 11 is 0. The SMILES string of the molecule is CCC(C)(O)c1cccc(OC)c1. The summed E-state index contributed by atoms with van der Waals surface area (Å²) in [6.07, 6.45) is 0.695. The molecular formula is C11H16O2. The first-order valence-electron chi connectivity index (χ1n) is 4.47. The van der Waals surface area contributed by atoms with Crippen molar-refractivity contribution < 1.29 is 9.84 Å².